The summed E-state index contributed by atoms with van der Waals surface area (Å²) in [6.07, 6.45) is 2.59. The molecule has 2 rings (SSSR count). The maximum atomic E-state index is 9.43. The first-order chi connectivity index (χ1) is 8.65. The van der Waals surface area contributed by atoms with E-state index in [0.717, 1.165) is 23.5 Å². The molecule has 1 saturated heterocycles. The van der Waals surface area contributed by atoms with Crippen molar-refractivity contribution < 1.29 is 5.11 Å². The molecule has 3 nitrogen and oxygen atoms in total. The van der Waals surface area contributed by atoms with Gasteiger partial charge in [0.25, 0.3) is 0 Å². The molecule has 1 fully saturated rings. The molecule has 0 bridgehead atoms. The van der Waals surface area contributed by atoms with Crippen LogP contribution in [0.1, 0.15) is 18.4 Å². The molecule has 1 aromatic carbocycles. The van der Waals surface area contributed by atoms with Crippen molar-refractivity contribution in [3.05, 3.63) is 28.2 Å². The lowest BCUT2D eigenvalue weighted by molar-refractivity contribution is 0.216. The van der Waals surface area contributed by atoms with E-state index in [2.05, 4.69) is 33.2 Å². The van der Waals surface area contributed by atoms with Gasteiger partial charge in [0.1, 0.15) is 5.75 Å². The fourth-order valence-corrected chi connectivity index (χ4v) is 2.77. The molecule has 0 aliphatic carbocycles. The van der Waals surface area contributed by atoms with E-state index < -0.39 is 0 Å². The molecule has 0 unspecified atom stereocenters. The SMILES string of the molecule is CN1CCC(CNCc2ccc(O)c(Br)c2)CC1. The molecule has 0 aromatic heterocycles. The molecule has 1 aliphatic heterocycles. The van der Waals surface area contributed by atoms with Gasteiger partial charge in [-0.1, -0.05) is 6.07 Å². The normalized spacial score (nSPS) is 18.1. The molecule has 1 heterocycles. The second-order valence-electron chi connectivity index (χ2n) is 5.16. The Balaban J connectivity index is 1.73. The molecule has 2 N–H and O–H groups in total. The van der Waals surface area contributed by atoms with Crippen LogP contribution in [0.25, 0.3) is 0 Å². The largest absolute Gasteiger partial charge is 0.507 e. The molecule has 0 spiro atoms. The summed E-state index contributed by atoms with van der Waals surface area (Å²) in [6, 6.07) is 5.66. The Morgan fingerprint density at radius 3 is 2.78 bits per heavy atom. The van der Waals surface area contributed by atoms with Crippen LogP contribution >= 0.6 is 15.9 Å². The molecule has 1 aromatic rings. The van der Waals surface area contributed by atoms with Gasteiger partial charge >= 0.3 is 0 Å². The lowest BCUT2D eigenvalue weighted by atomic mass is 9.97. The minimum Gasteiger partial charge on any atom is -0.507 e. The predicted molar refractivity (Wildman–Crippen MR) is 77.7 cm³/mol. The van der Waals surface area contributed by atoms with Gasteiger partial charge in [0.05, 0.1) is 4.47 Å². The first-order valence-corrected chi connectivity index (χ1v) is 7.31. The zero-order valence-corrected chi connectivity index (χ0v) is 12.4. The summed E-state index contributed by atoms with van der Waals surface area (Å²) in [6.45, 7) is 4.39. The first-order valence-electron chi connectivity index (χ1n) is 6.52. The number of phenols is 1. The minimum absolute atomic E-state index is 0.300. The summed E-state index contributed by atoms with van der Waals surface area (Å²) < 4.78 is 0.765. The van der Waals surface area contributed by atoms with Crippen LogP contribution in [0.2, 0.25) is 0 Å². The van der Waals surface area contributed by atoms with Crippen molar-refractivity contribution in [2.75, 3.05) is 26.7 Å². The number of nitrogens with zero attached hydrogens (tertiary/aromatic N) is 1. The number of phenolic OH excluding ortho intramolecular Hbond substituents is 1. The lowest BCUT2D eigenvalue weighted by Crippen LogP contribution is -2.34. The number of rotatable bonds is 4. The molecule has 0 atom stereocenters. The Morgan fingerprint density at radius 2 is 2.11 bits per heavy atom. The van der Waals surface area contributed by atoms with E-state index in [1.165, 1.54) is 31.5 Å². The molecule has 4 heteroatoms. The van der Waals surface area contributed by atoms with Gasteiger partial charge in [0.15, 0.2) is 0 Å². The highest BCUT2D eigenvalue weighted by molar-refractivity contribution is 9.10. The van der Waals surface area contributed by atoms with Gasteiger partial charge in [0.2, 0.25) is 0 Å². The summed E-state index contributed by atoms with van der Waals surface area (Å²) in [7, 11) is 2.19. The van der Waals surface area contributed by atoms with Crippen molar-refractivity contribution in [2.45, 2.75) is 19.4 Å². The predicted octanol–water partition coefficient (Wildman–Crippen LogP) is 2.59. The number of hydrogen-bond acceptors (Lipinski definition) is 3. The molecule has 0 radical (unpaired) electrons. The van der Waals surface area contributed by atoms with Crippen molar-refractivity contribution in [1.29, 1.82) is 0 Å². The van der Waals surface area contributed by atoms with Gasteiger partial charge < -0.3 is 15.3 Å². The molecule has 0 saturated carbocycles. The van der Waals surface area contributed by atoms with Crippen LogP contribution in [-0.4, -0.2) is 36.7 Å². The van der Waals surface area contributed by atoms with Crippen LogP contribution in [0.3, 0.4) is 0 Å². The van der Waals surface area contributed by atoms with Crippen LogP contribution in [-0.2, 0) is 6.54 Å². The topological polar surface area (TPSA) is 35.5 Å². The summed E-state index contributed by atoms with van der Waals surface area (Å²) in [4.78, 5) is 2.40. The highest BCUT2D eigenvalue weighted by Crippen LogP contribution is 2.24. The third-order valence-corrected chi connectivity index (χ3v) is 4.25. The zero-order valence-electron chi connectivity index (χ0n) is 10.8. The number of hydrogen-bond donors (Lipinski definition) is 2. The molecular formula is C14H21BrN2O. The van der Waals surface area contributed by atoms with Crippen molar-refractivity contribution in [2.24, 2.45) is 5.92 Å². The zero-order chi connectivity index (χ0) is 13.0. The molecule has 100 valence electrons. The third kappa shape index (κ3) is 3.97. The van der Waals surface area contributed by atoms with Crippen LogP contribution in [0.4, 0.5) is 0 Å². The summed E-state index contributed by atoms with van der Waals surface area (Å²) in [5.74, 6) is 1.11. The van der Waals surface area contributed by atoms with Crippen molar-refractivity contribution in [3.63, 3.8) is 0 Å². The Kier molecular flexibility index (Phi) is 5.03. The van der Waals surface area contributed by atoms with Gasteiger partial charge in [-0.05, 0) is 79.1 Å². The fraction of sp³-hybridized carbons (Fsp3) is 0.571. The minimum atomic E-state index is 0.300. The van der Waals surface area contributed by atoms with Gasteiger partial charge in [0, 0.05) is 6.54 Å². The number of nitrogens with one attached hydrogen (secondary N) is 1. The molecule has 1 aliphatic rings. The van der Waals surface area contributed by atoms with Crippen LogP contribution in [0.15, 0.2) is 22.7 Å². The quantitative estimate of drug-likeness (QED) is 0.897. The number of aromatic hydroxyl groups is 1. The summed E-state index contributed by atoms with van der Waals surface area (Å²) >= 11 is 3.34. The van der Waals surface area contributed by atoms with Crippen LogP contribution in [0, 0.1) is 5.92 Å². The van der Waals surface area contributed by atoms with E-state index >= 15 is 0 Å². The van der Waals surface area contributed by atoms with Gasteiger partial charge in [-0.25, -0.2) is 0 Å². The van der Waals surface area contributed by atoms with E-state index in [1.54, 1.807) is 6.07 Å². The highest BCUT2D eigenvalue weighted by Gasteiger charge is 2.15. The Bertz CT molecular complexity index is 389. The van der Waals surface area contributed by atoms with Gasteiger partial charge in [-0.15, -0.1) is 0 Å². The monoisotopic (exact) mass is 312 g/mol. The highest BCUT2D eigenvalue weighted by atomic mass is 79.9. The lowest BCUT2D eigenvalue weighted by Gasteiger charge is -2.29. The Hall–Kier alpha value is -0.580. The second kappa shape index (κ2) is 6.55. The summed E-state index contributed by atoms with van der Waals surface area (Å²) in [5, 5.41) is 12.9. The molecule has 18 heavy (non-hydrogen) atoms. The Morgan fingerprint density at radius 1 is 1.39 bits per heavy atom. The van der Waals surface area contributed by atoms with E-state index in [4.69, 9.17) is 0 Å². The smallest absolute Gasteiger partial charge is 0.129 e. The molecule has 0 amide bonds. The number of piperidine rings is 1. The van der Waals surface area contributed by atoms with E-state index in [9.17, 15) is 5.11 Å². The van der Waals surface area contributed by atoms with Crippen molar-refractivity contribution in [1.82, 2.24) is 10.2 Å². The van der Waals surface area contributed by atoms with Crippen molar-refractivity contribution >= 4 is 15.9 Å². The van der Waals surface area contributed by atoms with E-state index in [-0.39, 0.29) is 0 Å². The third-order valence-electron chi connectivity index (χ3n) is 3.61. The van der Waals surface area contributed by atoms with E-state index in [0.29, 0.717) is 5.75 Å². The number of likely N-dealkylation sites (tertiary alicyclic amines) is 1. The van der Waals surface area contributed by atoms with Crippen LogP contribution < -0.4 is 5.32 Å². The van der Waals surface area contributed by atoms with Crippen LogP contribution in [0.5, 0.6) is 5.75 Å². The average Bonchev–Trinajstić information content (AvgIpc) is 2.36. The van der Waals surface area contributed by atoms with Gasteiger partial charge in [-0.2, -0.15) is 0 Å². The van der Waals surface area contributed by atoms with Crippen molar-refractivity contribution in [3.8, 4) is 5.75 Å². The number of benzene rings is 1. The standard InChI is InChI=1S/C14H21BrN2O/c1-17-6-4-11(5-7-17)9-16-10-12-2-3-14(18)13(15)8-12/h2-3,8,11,16,18H,4-7,9-10H2,1H3. The Labute approximate surface area is 117 Å². The first kappa shape index (κ1) is 13.8. The maximum absolute atomic E-state index is 9.43. The number of halogens is 1. The summed E-state index contributed by atoms with van der Waals surface area (Å²) in [5.41, 5.74) is 1.20. The fourth-order valence-electron chi connectivity index (χ4n) is 2.35. The second-order valence-corrected chi connectivity index (χ2v) is 6.02. The van der Waals surface area contributed by atoms with E-state index in [1.807, 2.05) is 12.1 Å². The maximum Gasteiger partial charge on any atom is 0.129 e. The molecular weight excluding hydrogens is 292 g/mol. The van der Waals surface area contributed by atoms with Gasteiger partial charge in [-0.3, -0.25) is 0 Å². The average molecular weight is 313 g/mol.